The van der Waals surface area contributed by atoms with Gasteiger partial charge in [0.2, 0.25) is 5.91 Å². The Morgan fingerprint density at radius 2 is 2.08 bits per heavy atom. The van der Waals surface area contributed by atoms with E-state index in [9.17, 15) is 9.59 Å². The lowest BCUT2D eigenvalue weighted by atomic mass is 9.92. The van der Waals surface area contributed by atoms with Gasteiger partial charge in [0.25, 0.3) is 0 Å². The van der Waals surface area contributed by atoms with E-state index in [0.29, 0.717) is 23.9 Å². The van der Waals surface area contributed by atoms with E-state index in [1.165, 1.54) is 0 Å². The normalized spacial score (nSPS) is 20.3. The van der Waals surface area contributed by atoms with Gasteiger partial charge in [-0.3, -0.25) is 4.79 Å². The smallest absolute Gasteiger partial charge is 0.338 e. The Bertz CT molecular complexity index is 589. The van der Waals surface area contributed by atoms with Gasteiger partial charge in [0.05, 0.1) is 23.5 Å². The first-order chi connectivity index (χ1) is 11.5. The summed E-state index contributed by atoms with van der Waals surface area (Å²) in [5.74, 6) is -0.392. The molecule has 3 N–H and O–H groups in total. The lowest BCUT2D eigenvalue weighted by molar-refractivity contribution is -0.120. The number of esters is 1. The molecule has 24 heavy (non-hydrogen) atoms. The van der Waals surface area contributed by atoms with E-state index in [4.69, 9.17) is 4.74 Å². The van der Waals surface area contributed by atoms with Crippen LogP contribution < -0.4 is 16.0 Å². The molecule has 1 aromatic carbocycles. The first kappa shape index (κ1) is 18.3. The van der Waals surface area contributed by atoms with Crippen molar-refractivity contribution in [2.75, 3.05) is 30.3 Å². The van der Waals surface area contributed by atoms with Gasteiger partial charge < -0.3 is 20.7 Å². The van der Waals surface area contributed by atoms with Crippen LogP contribution in [0.3, 0.4) is 0 Å². The maximum Gasteiger partial charge on any atom is 0.338 e. The van der Waals surface area contributed by atoms with Crippen LogP contribution in [0.5, 0.6) is 0 Å². The molecule has 0 unspecified atom stereocenters. The maximum atomic E-state index is 12.6. The van der Waals surface area contributed by atoms with Crippen LogP contribution in [0.15, 0.2) is 18.2 Å². The number of benzene rings is 1. The van der Waals surface area contributed by atoms with Crippen LogP contribution in [-0.4, -0.2) is 37.6 Å². The average Bonchev–Trinajstić information content (AvgIpc) is 2.56. The molecule has 0 bridgehead atoms. The van der Waals surface area contributed by atoms with E-state index in [1.807, 2.05) is 6.92 Å². The minimum absolute atomic E-state index is 0.00325. The molecule has 1 aliphatic heterocycles. The molecule has 1 aromatic rings. The Labute approximate surface area is 143 Å². The van der Waals surface area contributed by atoms with Gasteiger partial charge in [-0.25, -0.2) is 4.79 Å². The number of amides is 1. The number of nitrogens with one attached hydrogen (secondary N) is 3. The zero-order chi connectivity index (χ0) is 17.5. The minimum atomic E-state index is -0.383. The quantitative estimate of drug-likeness (QED) is 0.698. The lowest BCUT2D eigenvalue weighted by Gasteiger charge is -2.27. The highest BCUT2D eigenvalue weighted by Crippen LogP contribution is 2.26. The van der Waals surface area contributed by atoms with Crippen molar-refractivity contribution < 1.29 is 14.3 Å². The number of carbonyl (C=O) groups excluding carboxylic acids is 2. The van der Waals surface area contributed by atoms with E-state index in [-0.39, 0.29) is 17.8 Å². The SMILES string of the molecule is CCNc1ccc(C(=O)OCC)cc1NC(=O)[C@H]1CCN[C@@H](C)C1. The van der Waals surface area contributed by atoms with Crippen LogP contribution in [0, 0.1) is 5.92 Å². The molecule has 0 aromatic heterocycles. The van der Waals surface area contributed by atoms with Gasteiger partial charge in [-0.15, -0.1) is 0 Å². The molecule has 1 aliphatic rings. The Morgan fingerprint density at radius 1 is 1.29 bits per heavy atom. The van der Waals surface area contributed by atoms with Gasteiger partial charge >= 0.3 is 5.97 Å². The molecule has 2 atom stereocenters. The molecular formula is C18H27N3O3. The summed E-state index contributed by atoms with van der Waals surface area (Å²) in [4.78, 5) is 24.5. The second-order valence-corrected chi connectivity index (χ2v) is 6.08. The van der Waals surface area contributed by atoms with E-state index >= 15 is 0 Å². The molecule has 132 valence electrons. The molecule has 2 rings (SSSR count). The van der Waals surface area contributed by atoms with Gasteiger partial charge in [-0.2, -0.15) is 0 Å². The van der Waals surface area contributed by atoms with Gasteiger partial charge in [-0.05, 0) is 58.4 Å². The highest BCUT2D eigenvalue weighted by Gasteiger charge is 2.25. The number of piperidine rings is 1. The topological polar surface area (TPSA) is 79.5 Å². The molecular weight excluding hydrogens is 306 g/mol. The summed E-state index contributed by atoms with van der Waals surface area (Å²) in [5.41, 5.74) is 1.87. The molecule has 6 heteroatoms. The predicted octanol–water partition coefficient (Wildman–Crippen LogP) is 2.62. The molecule has 0 radical (unpaired) electrons. The highest BCUT2D eigenvalue weighted by molar-refractivity contribution is 5.98. The summed E-state index contributed by atoms with van der Waals surface area (Å²) in [6.45, 7) is 7.74. The van der Waals surface area contributed by atoms with Crippen molar-refractivity contribution in [3.05, 3.63) is 23.8 Å². The minimum Gasteiger partial charge on any atom is -0.462 e. The highest BCUT2D eigenvalue weighted by atomic mass is 16.5. The van der Waals surface area contributed by atoms with Crippen LogP contribution in [0.25, 0.3) is 0 Å². The van der Waals surface area contributed by atoms with Crippen LogP contribution >= 0.6 is 0 Å². The Balaban J connectivity index is 2.17. The third-order valence-electron chi connectivity index (χ3n) is 4.15. The second kappa shape index (κ2) is 8.68. The summed E-state index contributed by atoms with van der Waals surface area (Å²) >= 11 is 0. The van der Waals surface area contributed by atoms with Crippen LogP contribution in [0.4, 0.5) is 11.4 Å². The Morgan fingerprint density at radius 3 is 2.75 bits per heavy atom. The fraction of sp³-hybridized carbons (Fsp3) is 0.556. The third kappa shape index (κ3) is 4.71. The second-order valence-electron chi connectivity index (χ2n) is 6.08. The molecule has 1 saturated heterocycles. The average molecular weight is 333 g/mol. The molecule has 6 nitrogen and oxygen atoms in total. The Kier molecular flexibility index (Phi) is 6.61. The number of carbonyl (C=O) groups is 2. The van der Waals surface area contributed by atoms with Gasteiger partial charge in [-0.1, -0.05) is 0 Å². The number of ether oxygens (including phenoxy) is 1. The van der Waals surface area contributed by atoms with Crippen molar-refractivity contribution in [2.24, 2.45) is 5.92 Å². The Hall–Kier alpha value is -2.08. The van der Waals surface area contributed by atoms with Crippen molar-refractivity contribution >= 4 is 23.3 Å². The van der Waals surface area contributed by atoms with E-state index in [0.717, 1.165) is 31.6 Å². The van der Waals surface area contributed by atoms with Crippen molar-refractivity contribution in [1.82, 2.24) is 5.32 Å². The predicted molar refractivity (Wildman–Crippen MR) is 95.4 cm³/mol. The van der Waals surface area contributed by atoms with Gasteiger partial charge in [0.1, 0.15) is 0 Å². The molecule has 0 aliphatic carbocycles. The first-order valence-electron chi connectivity index (χ1n) is 8.64. The van der Waals surface area contributed by atoms with Crippen molar-refractivity contribution in [3.8, 4) is 0 Å². The van der Waals surface area contributed by atoms with Crippen molar-refractivity contribution in [3.63, 3.8) is 0 Å². The van der Waals surface area contributed by atoms with E-state index in [2.05, 4.69) is 22.9 Å². The van der Waals surface area contributed by atoms with Gasteiger partial charge in [0.15, 0.2) is 0 Å². The number of rotatable bonds is 6. The summed E-state index contributed by atoms with van der Waals surface area (Å²) < 4.78 is 5.04. The zero-order valence-electron chi connectivity index (χ0n) is 14.6. The monoisotopic (exact) mass is 333 g/mol. The molecule has 1 fully saturated rings. The standard InChI is InChI=1S/C18H27N3O3/c1-4-19-15-7-6-14(18(23)24-5-2)11-16(15)21-17(22)13-8-9-20-12(3)10-13/h6-7,11-13,19-20H,4-5,8-10H2,1-3H3,(H,21,22)/t12-,13-/m0/s1. The fourth-order valence-corrected chi connectivity index (χ4v) is 2.94. The summed E-state index contributed by atoms with van der Waals surface area (Å²) in [6, 6.07) is 5.53. The zero-order valence-corrected chi connectivity index (χ0v) is 14.6. The summed E-state index contributed by atoms with van der Waals surface area (Å²) in [7, 11) is 0. The molecule has 0 spiro atoms. The van der Waals surface area contributed by atoms with E-state index in [1.54, 1.807) is 25.1 Å². The van der Waals surface area contributed by atoms with Crippen LogP contribution in [-0.2, 0) is 9.53 Å². The third-order valence-corrected chi connectivity index (χ3v) is 4.15. The van der Waals surface area contributed by atoms with Crippen molar-refractivity contribution in [1.29, 1.82) is 0 Å². The first-order valence-corrected chi connectivity index (χ1v) is 8.64. The number of hydrogen-bond acceptors (Lipinski definition) is 5. The van der Waals surface area contributed by atoms with Crippen LogP contribution in [0.2, 0.25) is 0 Å². The largest absolute Gasteiger partial charge is 0.462 e. The maximum absolute atomic E-state index is 12.6. The number of hydrogen-bond donors (Lipinski definition) is 3. The molecule has 0 saturated carbocycles. The number of anilines is 2. The molecule has 1 amide bonds. The van der Waals surface area contributed by atoms with Crippen molar-refractivity contribution in [2.45, 2.75) is 39.7 Å². The van der Waals surface area contributed by atoms with E-state index < -0.39 is 0 Å². The fourth-order valence-electron chi connectivity index (χ4n) is 2.94. The summed E-state index contributed by atoms with van der Waals surface area (Å²) in [6.07, 6.45) is 1.64. The molecule has 1 heterocycles. The summed E-state index contributed by atoms with van der Waals surface area (Å²) in [5, 5.41) is 9.55. The van der Waals surface area contributed by atoms with Crippen LogP contribution in [0.1, 0.15) is 44.0 Å². The lowest BCUT2D eigenvalue weighted by Crippen LogP contribution is -2.40. The van der Waals surface area contributed by atoms with Gasteiger partial charge in [0, 0.05) is 18.5 Å².